The molecule has 0 aromatic heterocycles. The van der Waals surface area contributed by atoms with E-state index in [9.17, 15) is 9.90 Å². The van der Waals surface area contributed by atoms with E-state index >= 15 is 0 Å². The Hall–Kier alpha value is -2.73. The lowest BCUT2D eigenvalue weighted by Gasteiger charge is -2.11. The molecule has 0 spiro atoms. The highest BCUT2D eigenvalue weighted by molar-refractivity contribution is 6.00. The first-order chi connectivity index (χ1) is 10.7. The fourth-order valence-electron chi connectivity index (χ4n) is 2.44. The average Bonchev–Trinajstić information content (AvgIpc) is 3.20. The molecule has 4 rings (SSSR count). The lowest BCUT2D eigenvalue weighted by molar-refractivity contribution is 0.0747. The Bertz CT molecular complexity index is 754. The van der Waals surface area contributed by atoms with E-state index in [1.807, 2.05) is 0 Å². The summed E-state index contributed by atoms with van der Waals surface area (Å²) in [4.78, 5) is 12.4. The molecule has 0 saturated carbocycles. The van der Waals surface area contributed by atoms with E-state index in [2.05, 4.69) is 0 Å². The minimum absolute atomic E-state index is 0.137. The molecule has 2 aliphatic heterocycles. The van der Waals surface area contributed by atoms with Crippen molar-refractivity contribution in [2.45, 2.75) is 6.10 Å². The largest absolute Gasteiger partial charge is 0.454 e. The van der Waals surface area contributed by atoms with E-state index in [1.54, 1.807) is 36.4 Å². The molecule has 0 amide bonds. The lowest BCUT2D eigenvalue weighted by Crippen LogP contribution is -2.12. The van der Waals surface area contributed by atoms with Crippen LogP contribution in [0.1, 0.15) is 22.0 Å². The third-order valence-electron chi connectivity index (χ3n) is 3.62. The summed E-state index contributed by atoms with van der Waals surface area (Å²) in [7, 11) is 0. The van der Waals surface area contributed by atoms with Crippen LogP contribution in [0.4, 0.5) is 0 Å². The van der Waals surface area contributed by atoms with E-state index < -0.39 is 11.9 Å². The summed E-state index contributed by atoms with van der Waals surface area (Å²) in [5.41, 5.74) is 0.807. The van der Waals surface area contributed by atoms with Crippen LogP contribution in [0.2, 0.25) is 0 Å². The summed E-state index contributed by atoms with van der Waals surface area (Å²) in [6.07, 6.45) is -1.28. The molecule has 2 aromatic carbocycles. The zero-order valence-corrected chi connectivity index (χ0v) is 11.4. The van der Waals surface area contributed by atoms with Crippen molar-refractivity contribution in [2.75, 3.05) is 13.6 Å². The van der Waals surface area contributed by atoms with Gasteiger partial charge < -0.3 is 24.1 Å². The van der Waals surface area contributed by atoms with E-state index in [0.717, 1.165) is 0 Å². The van der Waals surface area contributed by atoms with Crippen LogP contribution in [0.25, 0.3) is 0 Å². The Morgan fingerprint density at radius 2 is 1.45 bits per heavy atom. The Labute approximate surface area is 125 Å². The van der Waals surface area contributed by atoms with Gasteiger partial charge in [0, 0.05) is 5.56 Å². The zero-order chi connectivity index (χ0) is 15.1. The molecule has 1 atom stereocenters. The summed E-state index contributed by atoms with van der Waals surface area (Å²) in [5, 5.41) is 10.3. The van der Waals surface area contributed by atoms with Crippen LogP contribution in [-0.4, -0.2) is 24.5 Å². The lowest BCUT2D eigenvalue weighted by atomic mass is 9.99. The third-order valence-corrected chi connectivity index (χ3v) is 3.62. The highest BCUT2D eigenvalue weighted by Gasteiger charge is 2.24. The van der Waals surface area contributed by atoms with Gasteiger partial charge in [-0.1, -0.05) is 6.07 Å². The van der Waals surface area contributed by atoms with Crippen LogP contribution < -0.4 is 18.9 Å². The Morgan fingerprint density at radius 3 is 2.18 bits per heavy atom. The molecule has 6 heteroatoms. The third kappa shape index (κ3) is 2.05. The maximum absolute atomic E-state index is 12.4. The van der Waals surface area contributed by atoms with Gasteiger partial charge in [0.25, 0.3) is 0 Å². The predicted octanol–water partition coefficient (Wildman–Crippen LogP) is 2.06. The summed E-state index contributed by atoms with van der Waals surface area (Å²) in [5.74, 6) is 1.80. The summed E-state index contributed by atoms with van der Waals surface area (Å²) < 4.78 is 20.9. The van der Waals surface area contributed by atoms with Crippen molar-refractivity contribution in [3.8, 4) is 23.0 Å². The number of aliphatic hydroxyl groups is 1. The number of carbonyl (C=O) groups is 1. The minimum Gasteiger partial charge on any atom is -0.454 e. The number of carbonyl (C=O) groups excluding carboxylic acids is 1. The molecule has 1 unspecified atom stereocenters. The Kier molecular flexibility index (Phi) is 2.90. The first kappa shape index (κ1) is 13.0. The predicted molar refractivity (Wildman–Crippen MR) is 74.4 cm³/mol. The molecule has 1 N–H and O–H groups in total. The monoisotopic (exact) mass is 300 g/mol. The number of benzene rings is 2. The molecule has 0 aliphatic carbocycles. The maximum Gasteiger partial charge on any atom is 0.231 e. The fraction of sp³-hybridized carbons (Fsp3) is 0.188. The summed E-state index contributed by atoms with van der Waals surface area (Å²) in [6, 6.07) is 9.75. The van der Waals surface area contributed by atoms with E-state index in [-0.39, 0.29) is 13.6 Å². The second-order valence-corrected chi connectivity index (χ2v) is 4.95. The second-order valence-electron chi connectivity index (χ2n) is 4.95. The molecule has 112 valence electrons. The highest BCUT2D eigenvalue weighted by atomic mass is 16.7. The van der Waals surface area contributed by atoms with Gasteiger partial charge >= 0.3 is 0 Å². The molecule has 0 radical (unpaired) electrons. The number of Topliss-reactive ketones (excluding diaryl/α,β-unsaturated/α-hetero) is 1. The van der Waals surface area contributed by atoms with Gasteiger partial charge in [-0.3, -0.25) is 4.79 Å². The van der Waals surface area contributed by atoms with E-state index in [0.29, 0.717) is 34.1 Å². The molecule has 2 aromatic rings. The van der Waals surface area contributed by atoms with Gasteiger partial charge in [0.2, 0.25) is 13.6 Å². The topological polar surface area (TPSA) is 74.2 Å². The zero-order valence-electron chi connectivity index (χ0n) is 11.4. The van der Waals surface area contributed by atoms with Crippen molar-refractivity contribution in [1.29, 1.82) is 0 Å². The smallest absolute Gasteiger partial charge is 0.231 e. The minimum atomic E-state index is -1.28. The second kappa shape index (κ2) is 4.92. The van der Waals surface area contributed by atoms with Crippen molar-refractivity contribution in [1.82, 2.24) is 0 Å². The van der Waals surface area contributed by atoms with Crippen molar-refractivity contribution in [3.05, 3.63) is 47.5 Å². The SMILES string of the molecule is O=C(c1ccc2c(c1)OCO2)C(O)c1ccc2c(c1)OCO2. The highest BCUT2D eigenvalue weighted by Crippen LogP contribution is 2.36. The number of aliphatic hydroxyl groups excluding tert-OH is 1. The fourth-order valence-corrected chi connectivity index (χ4v) is 2.44. The molecule has 0 bridgehead atoms. The molecule has 2 aliphatic rings. The van der Waals surface area contributed by atoms with Gasteiger partial charge in [-0.15, -0.1) is 0 Å². The van der Waals surface area contributed by atoms with Crippen LogP contribution in [0.3, 0.4) is 0 Å². The first-order valence-corrected chi connectivity index (χ1v) is 6.74. The van der Waals surface area contributed by atoms with Gasteiger partial charge in [0.15, 0.2) is 28.8 Å². The normalized spacial score (nSPS) is 15.7. The van der Waals surface area contributed by atoms with Gasteiger partial charge in [-0.25, -0.2) is 0 Å². The molecule has 6 nitrogen and oxygen atoms in total. The van der Waals surface area contributed by atoms with Crippen LogP contribution in [0.15, 0.2) is 36.4 Å². The molecule has 2 heterocycles. The Morgan fingerprint density at radius 1 is 0.864 bits per heavy atom. The molecular formula is C16H12O6. The van der Waals surface area contributed by atoms with Gasteiger partial charge in [-0.2, -0.15) is 0 Å². The van der Waals surface area contributed by atoms with E-state index in [4.69, 9.17) is 18.9 Å². The number of rotatable bonds is 3. The van der Waals surface area contributed by atoms with Crippen molar-refractivity contribution >= 4 is 5.78 Å². The Balaban J connectivity index is 1.62. The number of ether oxygens (including phenoxy) is 4. The van der Waals surface area contributed by atoms with Gasteiger partial charge in [0.05, 0.1) is 0 Å². The maximum atomic E-state index is 12.4. The van der Waals surface area contributed by atoms with Crippen LogP contribution in [0, 0.1) is 0 Å². The number of fused-ring (bicyclic) bond motifs is 2. The summed E-state index contributed by atoms with van der Waals surface area (Å²) in [6.45, 7) is 0.280. The molecule has 22 heavy (non-hydrogen) atoms. The number of hydrogen-bond donors (Lipinski definition) is 1. The van der Waals surface area contributed by atoms with Crippen molar-refractivity contribution in [2.24, 2.45) is 0 Å². The average molecular weight is 300 g/mol. The van der Waals surface area contributed by atoms with Gasteiger partial charge in [0.1, 0.15) is 6.10 Å². The standard InChI is InChI=1S/C16H12O6/c17-15(9-1-3-11-13(5-9)21-7-19-11)16(18)10-2-4-12-14(6-10)22-8-20-12/h1-6,15,17H,7-8H2. The van der Waals surface area contributed by atoms with Crippen LogP contribution in [0.5, 0.6) is 23.0 Å². The van der Waals surface area contributed by atoms with Gasteiger partial charge in [-0.05, 0) is 35.9 Å². The first-order valence-electron chi connectivity index (χ1n) is 6.74. The van der Waals surface area contributed by atoms with Crippen molar-refractivity contribution in [3.63, 3.8) is 0 Å². The molecule has 0 fully saturated rings. The number of hydrogen-bond acceptors (Lipinski definition) is 6. The van der Waals surface area contributed by atoms with Crippen LogP contribution >= 0.6 is 0 Å². The molecule has 0 saturated heterocycles. The van der Waals surface area contributed by atoms with Crippen LogP contribution in [-0.2, 0) is 0 Å². The molecular weight excluding hydrogens is 288 g/mol. The quantitative estimate of drug-likeness (QED) is 0.875. The van der Waals surface area contributed by atoms with E-state index in [1.165, 1.54) is 0 Å². The number of ketones is 1. The summed E-state index contributed by atoms with van der Waals surface area (Å²) >= 11 is 0. The van der Waals surface area contributed by atoms with Crippen molar-refractivity contribution < 1.29 is 28.8 Å².